The van der Waals surface area contributed by atoms with Crippen molar-refractivity contribution in [1.29, 1.82) is 0 Å². The third-order valence-corrected chi connectivity index (χ3v) is 3.38. The van der Waals surface area contributed by atoms with Gasteiger partial charge in [0.2, 0.25) is 11.8 Å². The Balaban J connectivity index is 2.13. The van der Waals surface area contributed by atoms with Crippen LogP contribution in [-0.4, -0.2) is 23.9 Å². The van der Waals surface area contributed by atoms with E-state index in [1.165, 1.54) is 0 Å². The first-order chi connectivity index (χ1) is 9.36. The zero-order chi connectivity index (χ0) is 14.9. The second kappa shape index (κ2) is 5.53. The van der Waals surface area contributed by atoms with Crippen LogP contribution in [0.3, 0.4) is 0 Å². The zero-order valence-electron chi connectivity index (χ0n) is 12.3. The highest BCUT2D eigenvalue weighted by Crippen LogP contribution is 2.30. The summed E-state index contributed by atoms with van der Waals surface area (Å²) in [6.07, 6.45) is 0.135. The maximum absolute atomic E-state index is 12.0. The molecule has 0 radical (unpaired) electrons. The molecule has 0 aliphatic carbocycles. The quantitative estimate of drug-likeness (QED) is 0.789. The second-order valence-electron chi connectivity index (χ2n) is 5.59. The molecule has 1 aromatic carbocycles. The Labute approximate surface area is 119 Å². The average molecular weight is 275 g/mol. The molecule has 1 atom stereocenters. The molecule has 108 valence electrons. The highest BCUT2D eigenvalue weighted by molar-refractivity contribution is 6.05. The lowest BCUT2D eigenvalue weighted by Crippen LogP contribution is -2.43. The normalized spacial score (nSPS) is 17.2. The highest BCUT2D eigenvalue weighted by atomic mass is 16.2. The Morgan fingerprint density at radius 3 is 2.45 bits per heavy atom. The third kappa shape index (κ3) is 3.10. The van der Waals surface area contributed by atoms with Gasteiger partial charge < -0.3 is 16.0 Å². The number of aryl methyl sites for hydroxylation is 2. The monoisotopic (exact) mass is 275 g/mol. The Hall–Kier alpha value is -2.04. The summed E-state index contributed by atoms with van der Waals surface area (Å²) in [6.45, 7) is 7.82. The van der Waals surface area contributed by atoms with Gasteiger partial charge in [-0.25, -0.2) is 0 Å². The first kappa shape index (κ1) is 14.4. The van der Waals surface area contributed by atoms with Gasteiger partial charge in [0.05, 0.1) is 17.8 Å². The number of nitrogens with one attached hydrogen (secondary N) is 3. The SMILES string of the molecule is Cc1cc2c(cc1C)NC(CC(=O)NC(C)C)C(=O)N2. The van der Waals surface area contributed by atoms with Crippen molar-refractivity contribution in [2.75, 3.05) is 10.6 Å². The molecular formula is C15H21N3O2. The molecule has 3 N–H and O–H groups in total. The predicted octanol–water partition coefficient (Wildman–Crippen LogP) is 1.95. The first-order valence-corrected chi connectivity index (χ1v) is 6.85. The Kier molecular flexibility index (Phi) is 3.97. The maximum atomic E-state index is 12.0. The van der Waals surface area contributed by atoms with Gasteiger partial charge in [-0.05, 0) is 51.0 Å². The molecule has 1 aromatic rings. The summed E-state index contributed by atoms with van der Waals surface area (Å²) in [5.74, 6) is -0.292. The number of carbonyl (C=O) groups is 2. The fourth-order valence-corrected chi connectivity index (χ4v) is 2.22. The minimum Gasteiger partial charge on any atom is -0.372 e. The molecule has 0 spiro atoms. The van der Waals surface area contributed by atoms with Crippen molar-refractivity contribution in [2.45, 2.75) is 46.2 Å². The van der Waals surface area contributed by atoms with E-state index >= 15 is 0 Å². The van der Waals surface area contributed by atoms with Gasteiger partial charge in [0.1, 0.15) is 6.04 Å². The van der Waals surface area contributed by atoms with Gasteiger partial charge in [0.25, 0.3) is 0 Å². The number of hydrogen-bond donors (Lipinski definition) is 3. The van der Waals surface area contributed by atoms with Crippen LogP contribution in [0.15, 0.2) is 12.1 Å². The van der Waals surface area contributed by atoms with Crippen molar-refractivity contribution in [3.8, 4) is 0 Å². The van der Waals surface area contributed by atoms with Crippen LogP contribution in [0.2, 0.25) is 0 Å². The molecule has 2 amide bonds. The van der Waals surface area contributed by atoms with Gasteiger partial charge >= 0.3 is 0 Å². The van der Waals surface area contributed by atoms with Crippen molar-refractivity contribution in [1.82, 2.24) is 5.32 Å². The van der Waals surface area contributed by atoms with Crippen LogP contribution < -0.4 is 16.0 Å². The summed E-state index contributed by atoms with van der Waals surface area (Å²) in [5.41, 5.74) is 3.92. The van der Waals surface area contributed by atoms with Crippen molar-refractivity contribution in [2.24, 2.45) is 0 Å². The number of fused-ring (bicyclic) bond motifs is 1. The average Bonchev–Trinajstić information content (AvgIpc) is 2.32. The summed E-state index contributed by atoms with van der Waals surface area (Å²) >= 11 is 0. The zero-order valence-corrected chi connectivity index (χ0v) is 12.3. The van der Waals surface area contributed by atoms with Gasteiger partial charge in [0.15, 0.2) is 0 Å². The second-order valence-corrected chi connectivity index (χ2v) is 5.59. The van der Waals surface area contributed by atoms with E-state index in [1.54, 1.807) is 0 Å². The van der Waals surface area contributed by atoms with E-state index < -0.39 is 6.04 Å². The molecule has 2 rings (SSSR count). The fraction of sp³-hybridized carbons (Fsp3) is 0.467. The number of anilines is 2. The Bertz CT molecular complexity index is 552. The van der Waals surface area contributed by atoms with Crippen LogP contribution in [0, 0.1) is 13.8 Å². The van der Waals surface area contributed by atoms with Gasteiger partial charge in [-0.3, -0.25) is 9.59 Å². The van der Waals surface area contributed by atoms with E-state index in [9.17, 15) is 9.59 Å². The van der Waals surface area contributed by atoms with Crippen molar-refractivity contribution in [3.63, 3.8) is 0 Å². The van der Waals surface area contributed by atoms with Crippen molar-refractivity contribution >= 4 is 23.2 Å². The molecule has 5 heteroatoms. The fourth-order valence-electron chi connectivity index (χ4n) is 2.22. The molecular weight excluding hydrogens is 254 g/mol. The first-order valence-electron chi connectivity index (χ1n) is 6.85. The molecule has 0 aromatic heterocycles. The van der Waals surface area contributed by atoms with E-state index in [1.807, 2.05) is 39.8 Å². The van der Waals surface area contributed by atoms with Gasteiger partial charge in [-0.2, -0.15) is 0 Å². The summed E-state index contributed by atoms with van der Waals surface area (Å²) in [7, 11) is 0. The lowest BCUT2D eigenvalue weighted by molar-refractivity contribution is -0.125. The minimum absolute atomic E-state index is 0.0753. The predicted molar refractivity (Wildman–Crippen MR) is 79.9 cm³/mol. The van der Waals surface area contributed by atoms with Crippen LogP contribution in [-0.2, 0) is 9.59 Å². The van der Waals surface area contributed by atoms with E-state index in [0.29, 0.717) is 0 Å². The van der Waals surface area contributed by atoms with Crippen LogP contribution in [0.25, 0.3) is 0 Å². The van der Waals surface area contributed by atoms with E-state index in [0.717, 1.165) is 22.5 Å². The third-order valence-electron chi connectivity index (χ3n) is 3.38. The molecule has 1 unspecified atom stereocenters. The van der Waals surface area contributed by atoms with Crippen LogP contribution in [0.4, 0.5) is 11.4 Å². The van der Waals surface area contributed by atoms with Crippen LogP contribution in [0.5, 0.6) is 0 Å². The van der Waals surface area contributed by atoms with E-state index in [2.05, 4.69) is 16.0 Å². The Morgan fingerprint density at radius 2 is 1.85 bits per heavy atom. The summed E-state index contributed by atoms with van der Waals surface area (Å²) in [5, 5.41) is 8.80. The topological polar surface area (TPSA) is 70.2 Å². The van der Waals surface area contributed by atoms with Crippen molar-refractivity contribution in [3.05, 3.63) is 23.3 Å². The van der Waals surface area contributed by atoms with Gasteiger partial charge in [-0.15, -0.1) is 0 Å². The van der Waals surface area contributed by atoms with E-state index in [4.69, 9.17) is 0 Å². The summed E-state index contributed by atoms with van der Waals surface area (Å²) < 4.78 is 0. The maximum Gasteiger partial charge on any atom is 0.247 e. The molecule has 0 fully saturated rings. The largest absolute Gasteiger partial charge is 0.372 e. The lowest BCUT2D eigenvalue weighted by atomic mass is 10.0. The highest BCUT2D eigenvalue weighted by Gasteiger charge is 2.27. The number of amides is 2. The molecule has 0 saturated carbocycles. The molecule has 0 bridgehead atoms. The van der Waals surface area contributed by atoms with Gasteiger partial charge in [-0.1, -0.05) is 0 Å². The number of benzene rings is 1. The van der Waals surface area contributed by atoms with Crippen LogP contribution >= 0.6 is 0 Å². The van der Waals surface area contributed by atoms with Crippen LogP contribution in [0.1, 0.15) is 31.4 Å². The minimum atomic E-state index is -0.525. The lowest BCUT2D eigenvalue weighted by Gasteiger charge is -2.27. The molecule has 1 heterocycles. The molecule has 0 saturated heterocycles. The number of rotatable bonds is 3. The molecule has 1 aliphatic heterocycles. The molecule has 20 heavy (non-hydrogen) atoms. The number of carbonyl (C=O) groups excluding carboxylic acids is 2. The van der Waals surface area contributed by atoms with Gasteiger partial charge in [0, 0.05) is 6.04 Å². The molecule has 1 aliphatic rings. The molecule has 5 nitrogen and oxygen atoms in total. The summed E-state index contributed by atoms with van der Waals surface area (Å²) in [4.78, 5) is 23.8. The Morgan fingerprint density at radius 1 is 1.25 bits per heavy atom. The smallest absolute Gasteiger partial charge is 0.247 e. The number of hydrogen-bond acceptors (Lipinski definition) is 3. The standard InChI is InChI=1S/C15H21N3O2/c1-8(2)16-14(19)7-13-15(20)18-12-6-10(4)9(3)5-11(12)17-13/h5-6,8,13,17H,7H2,1-4H3,(H,16,19)(H,18,20). The summed E-state index contributed by atoms with van der Waals surface area (Å²) in [6, 6.07) is 3.49. The van der Waals surface area contributed by atoms with Crippen molar-refractivity contribution < 1.29 is 9.59 Å². The van der Waals surface area contributed by atoms with E-state index in [-0.39, 0.29) is 24.3 Å².